The molecule has 0 bridgehead atoms. The van der Waals surface area contributed by atoms with Crippen LogP contribution in [0.2, 0.25) is 0 Å². The van der Waals surface area contributed by atoms with E-state index >= 15 is 0 Å². The zero-order chi connectivity index (χ0) is 10.1. The molecule has 0 radical (unpaired) electrons. The van der Waals surface area contributed by atoms with Crippen LogP contribution in [-0.2, 0) is 4.79 Å². The second kappa shape index (κ2) is 3.65. The molecule has 2 nitrogen and oxygen atoms in total. The standard InChI is InChI=1S/C11H13NOS/c1-3-8-11(13)12-10-7(2)5-4-6-9(10)14-8/h4-6,8H,3H2,1-2H3,(H,12,13). The maximum absolute atomic E-state index is 11.6. The average Bonchev–Trinajstić information content (AvgIpc) is 2.19. The van der Waals surface area contributed by atoms with Crippen molar-refractivity contribution in [3.8, 4) is 0 Å². The van der Waals surface area contributed by atoms with Crippen molar-refractivity contribution in [3.05, 3.63) is 23.8 Å². The number of hydrogen-bond donors (Lipinski definition) is 1. The van der Waals surface area contributed by atoms with Crippen LogP contribution in [0.1, 0.15) is 18.9 Å². The van der Waals surface area contributed by atoms with Gasteiger partial charge in [0, 0.05) is 4.90 Å². The van der Waals surface area contributed by atoms with E-state index < -0.39 is 0 Å². The third-order valence-corrected chi connectivity index (χ3v) is 3.84. The first-order valence-corrected chi connectivity index (χ1v) is 5.67. The lowest BCUT2D eigenvalue weighted by Gasteiger charge is -2.24. The van der Waals surface area contributed by atoms with Crippen LogP contribution in [0, 0.1) is 6.92 Å². The molecule has 74 valence electrons. The van der Waals surface area contributed by atoms with Crippen LogP contribution < -0.4 is 5.32 Å². The van der Waals surface area contributed by atoms with Gasteiger partial charge in [0.05, 0.1) is 10.9 Å². The van der Waals surface area contributed by atoms with Gasteiger partial charge in [-0.1, -0.05) is 19.1 Å². The highest BCUT2D eigenvalue weighted by molar-refractivity contribution is 8.01. The molecule has 3 heteroatoms. The minimum absolute atomic E-state index is 0.0734. The van der Waals surface area contributed by atoms with Gasteiger partial charge in [0.25, 0.3) is 0 Å². The molecule has 1 heterocycles. The molecule has 14 heavy (non-hydrogen) atoms. The van der Waals surface area contributed by atoms with Gasteiger partial charge in [-0.15, -0.1) is 11.8 Å². The predicted octanol–water partition coefficient (Wildman–Crippen LogP) is 2.82. The molecule has 1 aromatic carbocycles. The lowest BCUT2D eigenvalue weighted by molar-refractivity contribution is -0.115. The fourth-order valence-electron chi connectivity index (χ4n) is 1.58. The first kappa shape index (κ1) is 9.59. The number of nitrogens with one attached hydrogen (secondary N) is 1. The summed E-state index contributed by atoms with van der Waals surface area (Å²) in [6.45, 7) is 4.06. The Kier molecular flexibility index (Phi) is 2.50. The van der Waals surface area contributed by atoms with Crippen molar-refractivity contribution in [1.82, 2.24) is 0 Å². The van der Waals surface area contributed by atoms with Crippen molar-refractivity contribution < 1.29 is 4.79 Å². The smallest absolute Gasteiger partial charge is 0.237 e. The Morgan fingerprint density at radius 1 is 1.50 bits per heavy atom. The third-order valence-electron chi connectivity index (χ3n) is 2.42. The molecule has 1 amide bonds. The number of thioether (sulfide) groups is 1. The SMILES string of the molecule is CCC1Sc2cccc(C)c2NC1=O. The fraction of sp³-hybridized carbons (Fsp3) is 0.364. The topological polar surface area (TPSA) is 29.1 Å². The molecular formula is C11H13NOS. The van der Waals surface area contributed by atoms with Gasteiger partial charge >= 0.3 is 0 Å². The number of fused-ring (bicyclic) bond motifs is 1. The number of carbonyl (C=O) groups is 1. The van der Waals surface area contributed by atoms with Crippen LogP contribution in [0.4, 0.5) is 5.69 Å². The van der Waals surface area contributed by atoms with E-state index in [0.29, 0.717) is 0 Å². The van der Waals surface area contributed by atoms with Gasteiger partial charge in [0.2, 0.25) is 5.91 Å². The van der Waals surface area contributed by atoms with Gasteiger partial charge in [-0.25, -0.2) is 0 Å². The van der Waals surface area contributed by atoms with Crippen LogP contribution in [0.15, 0.2) is 23.1 Å². The van der Waals surface area contributed by atoms with Gasteiger partial charge in [-0.2, -0.15) is 0 Å². The number of hydrogen-bond acceptors (Lipinski definition) is 2. The highest BCUT2D eigenvalue weighted by Crippen LogP contribution is 2.38. The minimum Gasteiger partial charge on any atom is -0.324 e. The number of amides is 1. The van der Waals surface area contributed by atoms with Crippen molar-refractivity contribution in [3.63, 3.8) is 0 Å². The summed E-state index contributed by atoms with van der Waals surface area (Å²) in [5.41, 5.74) is 2.13. The molecule has 2 rings (SSSR count). The van der Waals surface area contributed by atoms with E-state index in [1.807, 2.05) is 26.0 Å². The van der Waals surface area contributed by atoms with Crippen LogP contribution in [0.5, 0.6) is 0 Å². The fourth-order valence-corrected chi connectivity index (χ4v) is 2.70. The Hall–Kier alpha value is -0.960. The summed E-state index contributed by atoms with van der Waals surface area (Å²) in [4.78, 5) is 12.8. The molecule has 1 N–H and O–H groups in total. The molecule has 1 aliphatic rings. The summed E-state index contributed by atoms with van der Waals surface area (Å²) in [5.74, 6) is 0.138. The van der Waals surface area contributed by atoms with Gasteiger partial charge in [-0.3, -0.25) is 4.79 Å². The zero-order valence-electron chi connectivity index (χ0n) is 8.33. The van der Waals surface area contributed by atoms with E-state index in [4.69, 9.17) is 0 Å². The molecule has 1 aliphatic heterocycles. The number of anilines is 1. The highest BCUT2D eigenvalue weighted by Gasteiger charge is 2.25. The van der Waals surface area contributed by atoms with Crippen molar-refractivity contribution in [2.75, 3.05) is 5.32 Å². The number of benzene rings is 1. The molecular weight excluding hydrogens is 194 g/mol. The van der Waals surface area contributed by atoms with E-state index in [2.05, 4.69) is 11.4 Å². The van der Waals surface area contributed by atoms with Gasteiger partial charge in [0.1, 0.15) is 0 Å². The Balaban J connectivity index is 2.40. The molecule has 1 atom stereocenters. The second-order valence-electron chi connectivity index (χ2n) is 3.45. The number of para-hydroxylation sites is 1. The Morgan fingerprint density at radius 3 is 3.00 bits per heavy atom. The van der Waals surface area contributed by atoms with Crippen molar-refractivity contribution in [2.45, 2.75) is 30.4 Å². The predicted molar refractivity (Wildman–Crippen MR) is 59.7 cm³/mol. The maximum atomic E-state index is 11.6. The molecule has 1 unspecified atom stereocenters. The molecule has 0 fully saturated rings. The number of carbonyl (C=O) groups excluding carboxylic acids is 1. The molecule has 0 aromatic heterocycles. The Labute approximate surface area is 88.1 Å². The quantitative estimate of drug-likeness (QED) is 0.767. The normalized spacial score (nSPS) is 20.1. The minimum atomic E-state index is 0.0734. The monoisotopic (exact) mass is 207 g/mol. The Morgan fingerprint density at radius 2 is 2.29 bits per heavy atom. The van der Waals surface area contributed by atoms with Crippen molar-refractivity contribution in [2.24, 2.45) is 0 Å². The first-order chi connectivity index (χ1) is 6.72. The molecule has 1 aromatic rings. The lowest BCUT2D eigenvalue weighted by atomic mass is 10.2. The number of aryl methyl sites for hydroxylation is 1. The van der Waals surface area contributed by atoms with E-state index in [1.54, 1.807) is 11.8 Å². The van der Waals surface area contributed by atoms with E-state index in [0.717, 1.165) is 17.7 Å². The summed E-state index contributed by atoms with van der Waals surface area (Å²) >= 11 is 1.67. The summed E-state index contributed by atoms with van der Waals surface area (Å²) in [5, 5.41) is 3.04. The number of rotatable bonds is 1. The molecule has 0 spiro atoms. The van der Waals surface area contributed by atoms with E-state index in [9.17, 15) is 4.79 Å². The van der Waals surface area contributed by atoms with Crippen molar-refractivity contribution >= 4 is 23.4 Å². The third kappa shape index (κ3) is 1.52. The largest absolute Gasteiger partial charge is 0.324 e. The summed E-state index contributed by atoms with van der Waals surface area (Å²) in [7, 11) is 0. The summed E-state index contributed by atoms with van der Waals surface area (Å²) in [6.07, 6.45) is 0.879. The second-order valence-corrected chi connectivity index (χ2v) is 4.70. The average molecular weight is 207 g/mol. The highest BCUT2D eigenvalue weighted by atomic mass is 32.2. The molecule has 0 saturated carbocycles. The van der Waals surface area contributed by atoms with Crippen LogP contribution >= 0.6 is 11.8 Å². The van der Waals surface area contributed by atoms with Gasteiger partial charge in [0.15, 0.2) is 0 Å². The maximum Gasteiger partial charge on any atom is 0.237 e. The summed E-state index contributed by atoms with van der Waals surface area (Å²) in [6, 6.07) is 6.12. The van der Waals surface area contributed by atoms with Crippen LogP contribution in [-0.4, -0.2) is 11.2 Å². The summed E-state index contributed by atoms with van der Waals surface area (Å²) < 4.78 is 0. The van der Waals surface area contributed by atoms with Crippen LogP contribution in [0.3, 0.4) is 0 Å². The van der Waals surface area contributed by atoms with Crippen molar-refractivity contribution in [1.29, 1.82) is 0 Å². The zero-order valence-corrected chi connectivity index (χ0v) is 9.15. The van der Waals surface area contributed by atoms with Gasteiger partial charge in [-0.05, 0) is 25.0 Å². The lowest BCUT2D eigenvalue weighted by Crippen LogP contribution is -2.28. The van der Waals surface area contributed by atoms with E-state index in [1.165, 1.54) is 4.90 Å². The molecule has 0 aliphatic carbocycles. The first-order valence-electron chi connectivity index (χ1n) is 4.79. The Bertz CT molecular complexity index is 376. The van der Waals surface area contributed by atoms with Crippen LogP contribution in [0.25, 0.3) is 0 Å². The van der Waals surface area contributed by atoms with E-state index in [-0.39, 0.29) is 11.2 Å². The molecule has 0 saturated heterocycles. The van der Waals surface area contributed by atoms with Gasteiger partial charge < -0.3 is 5.32 Å².